The average Bonchev–Trinajstić information content (AvgIpc) is 2.99. The van der Waals surface area contributed by atoms with E-state index in [0.29, 0.717) is 16.7 Å². The number of piperazine rings is 1. The van der Waals surface area contributed by atoms with Crippen molar-refractivity contribution in [2.24, 2.45) is 0 Å². The zero-order chi connectivity index (χ0) is 14.4. The molecule has 0 aliphatic carbocycles. The van der Waals surface area contributed by atoms with Crippen molar-refractivity contribution in [2.45, 2.75) is 0 Å². The molecule has 1 aromatic carbocycles. The summed E-state index contributed by atoms with van der Waals surface area (Å²) in [5.41, 5.74) is 1.89. The van der Waals surface area contributed by atoms with Crippen LogP contribution in [0.15, 0.2) is 18.5 Å². The number of nitrogens with one attached hydrogen (secondary N) is 1. The van der Waals surface area contributed by atoms with Crippen LogP contribution in [0.3, 0.4) is 0 Å². The van der Waals surface area contributed by atoms with Gasteiger partial charge in [0.2, 0.25) is 5.65 Å². The molecule has 3 aromatic rings. The van der Waals surface area contributed by atoms with Crippen molar-refractivity contribution < 1.29 is 4.39 Å². The molecule has 1 saturated heterocycles. The van der Waals surface area contributed by atoms with Crippen molar-refractivity contribution in [1.82, 2.24) is 24.9 Å². The Bertz CT molecular complexity index is 826. The smallest absolute Gasteiger partial charge is 0.204 e. The molecule has 8 heteroatoms. The van der Waals surface area contributed by atoms with Crippen LogP contribution in [0.2, 0.25) is 5.02 Å². The molecule has 0 saturated carbocycles. The Morgan fingerprint density at radius 2 is 2.05 bits per heavy atom. The fourth-order valence-corrected chi connectivity index (χ4v) is 2.78. The fourth-order valence-electron chi connectivity index (χ4n) is 2.62. The van der Waals surface area contributed by atoms with Crippen LogP contribution in [-0.2, 0) is 0 Å². The highest BCUT2D eigenvalue weighted by molar-refractivity contribution is 6.31. The van der Waals surface area contributed by atoms with Crippen LogP contribution in [0.4, 0.5) is 10.2 Å². The van der Waals surface area contributed by atoms with E-state index in [4.69, 9.17) is 11.6 Å². The Labute approximate surface area is 124 Å². The number of nitrogens with zero attached hydrogens (tertiary/aromatic N) is 5. The van der Waals surface area contributed by atoms with Crippen LogP contribution in [0, 0.1) is 5.82 Å². The van der Waals surface area contributed by atoms with Crippen LogP contribution >= 0.6 is 11.6 Å². The minimum Gasteiger partial charge on any atom is -0.351 e. The SMILES string of the molecule is Fc1cc2nc(N3CCNCC3)c3nncn3c2cc1Cl. The van der Waals surface area contributed by atoms with Gasteiger partial charge in [0.1, 0.15) is 12.1 Å². The van der Waals surface area contributed by atoms with E-state index in [2.05, 4.69) is 25.4 Å². The Morgan fingerprint density at radius 3 is 2.86 bits per heavy atom. The molecule has 108 valence electrons. The highest BCUT2D eigenvalue weighted by Crippen LogP contribution is 2.27. The van der Waals surface area contributed by atoms with E-state index in [1.54, 1.807) is 16.8 Å². The lowest BCUT2D eigenvalue weighted by Crippen LogP contribution is -2.44. The molecule has 1 N–H and O–H groups in total. The van der Waals surface area contributed by atoms with Gasteiger partial charge in [0.25, 0.3) is 0 Å². The second-order valence-corrected chi connectivity index (χ2v) is 5.36. The number of fused-ring (bicyclic) bond motifs is 3. The summed E-state index contributed by atoms with van der Waals surface area (Å²) in [6.45, 7) is 3.43. The van der Waals surface area contributed by atoms with Crippen molar-refractivity contribution in [1.29, 1.82) is 0 Å². The first-order valence-electron chi connectivity index (χ1n) is 6.68. The molecule has 1 aliphatic rings. The third kappa shape index (κ3) is 2.00. The van der Waals surface area contributed by atoms with Gasteiger partial charge in [-0.15, -0.1) is 10.2 Å². The summed E-state index contributed by atoms with van der Waals surface area (Å²) in [6, 6.07) is 2.90. The predicted molar refractivity (Wildman–Crippen MR) is 78.3 cm³/mol. The number of benzene rings is 1. The molecule has 2 aromatic heterocycles. The second kappa shape index (κ2) is 4.78. The van der Waals surface area contributed by atoms with E-state index in [1.165, 1.54) is 6.07 Å². The van der Waals surface area contributed by atoms with Gasteiger partial charge in [0.05, 0.1) is 16.1 Å². The van der Waals surface area contributed by atoms with E-state index >= 15 is 0 Å². The minimum atomic E-state index is -0.477. The standard InChI is InChI=1S/C13H12ClFN6/c14-8-5-11-10(6-9(8)15)18-12(13-19-17-7-21(11)13)20-3-1-16-2-4-20/h5-7,16H,1-4H2. The third-order valence-corrected chi connectivity index (χ3v) is 3.96. The summed E-state index contributed by atoms with van der Waals surface area (Å²) >= 11 is 5.87. The lowest BCUT2D eigenvalue weighted by molar-refractivity contribution is 0.585. The molecular formula is C13H12ClFN6. The van der Waals surface area contributed by atoms with Gasteiger partial charge in [-0.1, -0.05) is 11.6 Å². The molecule has 0 radical (unpaired) electrons. The summed E-state index contributed by atoms with van der Waals surface area (Å²) in [5, 5.41) is 11.5. The van der Waals surface area contributed by atoms with Crippen molar-refractivity contribution in [2.75, 3.05) is 31.1 Å². The van der Waals surface area contributed by atoms with Gasteiger partial charge in [-0.3, -0.25) is 4.40 Å². The van der Waals surface area contributed by atoms with Gasteiger partial charge in [0.15, 0.2) is 5.82 Å². The summed E-state index contributed by atoms with van der Waals surface area (Å²) in [4.78, 5) is 6.71. The normalized spacial score (nSPS) is 16.0. The topological polar surface area (TPSA) is 58.4 Å². The Hall–Kier alpha value is -1.99. The van der Waals surface area contributed by atoms with Crippen LogP contribution in [0.5, 0.6) is 0 Å². The molecule has 0 atom stereocenters. The van der Waals surface area contributed by atoms with Crippen LogP contribution < -0.4 is 10.2 Å². The third-order valence-electron chi connectivity index (χ3n) is 3.67. The Morgan fingerprint density at radius 1 is 1.24 bits per heavy atom. The first-order valence-corrected chi connectivity index (χ1v) is 7.06. The number of aromatic nitrogens is 4. The molecule has 0 bridgehead atoms. The van der Waals surface area contributed by atoms with E-state index in [1.807, 2.05) is 0 Å². The maximum atomic E-state index is 13.7. The maximum absolute atomic E-state index is 13.7. The minimum absolute atomic E-state index is 0.0641. The van der Waals surface area contributed by atoms with Gasteiger partial charge in [-0.05, 0) is 6.07 Å². The summed E-state index contributed by atoms with van der Waals surface area (Å²) < 4.78 is 15.5. The van der Waals surface area contributed by atoms with Crippen molar-refractivity contribution >= 4 is 34.1 Å². The first-order chi connectivity index (χ1) is 10.2. The van der Waals surface area contributed by atoms with Crippen molar-refractivity contribution in [3.05, 3.63) is 29.3 Å². The molecule has 0 amide bonds. The lowest BCUT2D eigenvalue weighted by atomic mass is 10.2. The lowest BCUT2D eigenvalue weighted by Gasteiger charge is -2.28. The number of rotatable bonds is 1. The van der Waals surface area contributed by atoms with Gasteiger partial charge >= 0.3 is 0 Å². The van der Waals surface area contributed by atoms with E-state index in [0.717, 1.165) is 32.0 Å². The number of anilines is 1. The zero-order valence-corrected chi connectivity index (χ0v) is 11.8. The van der Waals surface area contributed by atoms with Gasteiger partial charge in [0, 0.05) is 32.2 Å². The van der Waals surface area contributed by atoms with Crippen LogP contribution in [0.1, 0.15) is 0 Å². The monoisotopic (exact) mass is 306 g/mol. The quantitative estimate of drug-likeness (QED) is 0.738. The largest absolute Gasteiger partial charge is 0.351 e. The molecule has 0 unspecified atom stereocenters. The molecule has 1 fully saturated rings. The predicted octanol–water partition coefficient (Wildman–Crippen LogP) is 1.48. The molecule has 6 nitrogen and oxygen atoms in total. The summed E-state index contributed by atoms with van der Waals surface area (Å²) in [5.74, 6) is 0.249. The Balaban J connectivity index is 2.00. The van der Waals surface area contributed by atoms with Crippen LogP contribution in [0.25, 0.3) is 16.7 Å². The maximum Gasteiger partial charge on any atom is 0.204 e. The Kier molecular flexibility index (Phi) is 2.90. The molecule has 21 heavy (non-hydrogen) atoms. The first kappa shape index (κ1) is 12.7. The van der Waals surface area contributed by atoms with E-state index < -0.39 is 5.82 Å². The van der Waals surface area contributed by atoms with E-state index in [9.17, 15) is 4.39 Å². The second-order valence-electron chi connectivity index (χ2n) is 4.95. The summed E-state index contributed by atoms with van der Waals surface area (Å²) in [7, 11) is 0. The molecule has 0 spiro atoms. The highest BCUT2D eigenvalue weighted by Gasteiger charge is 2.19. The summed E-state index contributed by atoms with van der Waals surface area (Å²) in [6.07, 6.45) is 1.60. The van der Waals surface area contributed by atoms with Gasteiger partial charge in [-0.25, -0.2) is 9.37 Å². The molecule has 3 heterocycles. The van der Waals surface area contributed by atoms with Crippen molar-refractivity contribution in [3.8, 4) is 0 Å². The number of hydrogen-bond acceptors (Lipinski definition) is 5. The zero-order valence-electron chi connectivity index (χ0n) is 11.1. The highest BCUT2D eigenvalue weighted by atomic mass is 35.5. The average molecular weight is 307 g/mol. The van der Waals surface area contributed by atoms with Gasteiger partial charge in [-0.2, -0.15) is 0 Å². The number of hydrogen-bond donors (Lipinski definition) is 1. The number of halogens is 2. The fraction of sp³-hybridized carbons (Fsp3) is 0.308. The molecule has 1 aliphatic heterocycles. The molecular weight excluding hydrogens is 295 g/mol. The van der Waals surface area contributed by atoms with E-state index in [-0.39, 0.29) is 5.02 Å². The van der Waals surface area contributed by atoms with Crippen LogP contribution in [-0.4, -0.2) is 45.8 Å². The van der Waals surface area contributed by atoms with Gasteiger partial charge < -0.3 is 10.2 Å². The van der Waals surface area contributed by atoms with Crippen molar-refractivity contribution in [3.63, 3.8) is 0 Å². The molecule has 4 rings (SSSR count).